The first-order valence-electron chi connectivity index (χ1n) is 7.09. The highest BCUT2D eigenvalue weighted by Crippen LogP contribution is 2.31. The van der Waals surface area contributed by atoms with E-state index in [0.717, 1.165) is 24.8 Å². The summed E-state index contributed by atoms with van der Waals surface area (Å²) in [6.07, 6.45) is 3.18. The van der Waals surface area contributed by atoms with E-state index in [1.165, 1.54) is 11.6 Å². The molecule has 1 atom stereocenters. The molecule has 0 aliphatic heterocycles. The quantitative estimate of drug-likeness (QED) is 0.912. The molecule has 0 radical (unpaired) electrons. The van der Waals surface area contributed by atoms with Gasteiger partial charge in [-0.1, -0.05) is 23.7 Å². The van der Waals surface area contributed by atoms with Crippen LogP contribution in [0.25, 0.3) is 0 Å². The summed E-state index contributed by atoms with van der Waals surface area (Å²) in [5.74, 6) is 0.350. The third kappa shape index (κ3) is 3.04. The first-order chi connectivity index (χ1) is 10.1. The Labute approximate surface area is 128 Å². The number of benzene rings is 2. The number of ether oxygens (including phenoxy) is 1. The van der Waals surface area contributed by atoms with Gasteiger partial charge in [0, 0.05) is 11.6 Å². The van der Waals surface area contributed by atoms with E-state index in [1.807, 2.05) is 18.2 Å². The fraction of sp³-hybridized carbons (Fsp3) is 0.294. The van der Waals surface area contributed by atoms with E-state index < -0.39 is 0 Å². The van der Waals surface area contributed by atoms with Crippen LogP contribution in [-0.4, -0.2) is 0 Å². The second-order valence-electron chi connectivity index (χ2n) is 5.35. The predicted octanol–water partition coefficient (Wildman–Crippen LogP) is 4.39. The molecule has 2 nitrogen and oxygen atoms in total. The monoisotopic (exact) mass is 305 g/mol. The molecule has 1 aliphatic rings. The molecule has 0 spiro atoms. The van der Waals surface area contributed by atoms with Crippen molar-refractivity contribution in [2.24, 2.45) is 5.73 Å². The van der Waals surface area contributed by atoms with E-state index in [0.29, 0.717) is 16.3 Å². The molecule has 0 heterocycles. The molecule has 0 amide bonds. The van der Waals surface area contributed by atoms with Gasteiger partial charge >= 0.3 is 0 Å². The van der Waals surface area contributed by atoms with E-state index in [1.54, 1.807) is 12.1 Å². The molecule has 2 N–H and O–H groups in total. The number of hydrogen-bond acceptors (Lipinski definition) is 2. The van der Waals surface area contributed by atoms with Crippen molar-refractivity contribution >= 4 is 11.6 Å². The maximum atomic E-state index is 13.7. The zero-order valence-corrected chi connectivity index (χ0v) is 12.4. The maximum Gasteiger partial charge on any atom is 0.131 e. The van der Waals surface area contributed by atoms with Crippen LogP contribution < -0.4 is 10.5 Å². The van der Waals surface area contributed by atoms with Gasteiger partial charge in [0.15, 0.2) is 0 Å². The minimum Gasteiger partial charge on any atom is -0.489 e. The summed E-state index contributed by atoms with van der Waals surface area (Å²) >= 11 is 5.99. The summed E-state index contributed by atoms with van der Waals surface area (Å²) in [5.41, 5.74) is 8.93. The van der Waals surface area contributed by atoms with Gasteiger partial charge in [-0.15, -0.1) is 0 Å². The van der Waals surface area contributed by atoms with Gasteiger partial charge in [0.25, 0.3) is 0 Å². The summed E-state index contributed by atoms with van der Waals surface area (Å²) in [4.78, 5) is 0. The lowest BCUT2D eigenvalue weighted by Gasteiger charge is -2.22. The lowest BCUT2D eigenvalue weighted by molar-refractivity contribution is 0.299. The Morgan fingerprint density at radius 2 is 2.14 bits per heavy atom. The number of halogens is 2. The second-order valence-corrected chi connectivity index (χ2v) is 5.76. The first kappa shape index (κ1) is 14.4. The van der Waals surface area contributed by atoms with Gasteiger partial charge in [-0.3, -0.25) is 0 Å². The average Bonchev–Trinajstić information content (AvgIpc) is 2.47. The van der Waals surface area contributed by atoms with E-state index in [2.05, 4.69) is 0 Å². The molecule has 1 aliphatic carbocycles. The third-order valence-corrected chi connectivity index (χ3v) is 4.28. The van der Waals surface area contributed by atoms with Crippen molar-refractivity contribution in [3.05, 3.63) is 63.9 Å². The van der Waals surface area contributed by atoms with Gasteiger partial charge in [-0.05, 0) is 54.7 Å². The normalized spacial score (nSPS) is 17.4. The van der Waals surface area contributed by atoms with E-state index in [9.17, 15) is 4.39 Å². The Kier molecular flexibility index (Phi) is 4.13. The van der Waals surface area contributed by atoms with Crippen LogP contribution in [0.15, 0.2) is 36.4 Å². The average molecular weight is 306 g/mol. The highest BCUT2D eigenvalue weighted by Gasteiger charge is 2.17. The highest BCUT2D eigenvalue weighted by molar-refractivity contribution is 6.31. The Balaban J connectivity index is 1.78. The fourth-order valence-corrected chi connectivity index (χ4v) is 2.95. The molecular weight excluding hydrogens is 289 g/mol. The first-order valence-corrected chi connectivity index (χ1v) is 7.47. The van der Waals surface area contributed by atoms with Crippen molar-refractivity contribution < 1.29 is 9.13 Å². The SMILES string of the molecule is N[C@H]1CCCc2ccc(OCc3c(F)cccc3Cl)cc21. The molecule has 21 heavy (non-hydrogen) atoms. The molecule has 0 aromatic heterocycles. The summed E-state index contributed by atoms with van der Waals surface area (Å²) in [7, 11) is 0. The number of hydrogen-bond donors (Lipinski definition) is 1. The standard InChI is InChI=1S/C17H17ClFNO/c18-15-4-2-5-16(19)14(15)10-21-12-8-7-11-3-1-6-17(20)13(11)9-12/h2,4-5,7-9,17H,1,3,6,10,20H2/t17-/m0/s1. The summed E-state index contributed by atoms with van der Waals surface area (Å²) < 4.78 is 19.4. The van der Waals surface area contributed by atoms with E-state index >= 15 is 0 Å². The maximum absolute atomic E-state index is 13.7. The molecule has 4 heteroatoms. The smallest absolute Gasteiger partial charge is 0.131 e. The van der Waals surface area contributed by atoms with Crippen molar-refractivity contribution in [3.63, 3.8) is 0 Å². The van der Waals surface area contributed by atoms with Crippen molar-refractivity contribution in [1.82, 2.24) is 0 Å². The molecule has 110 valence electrons. The van der Waals surface area contributed by atoms with E-state index in [-0.39, 0.29) is 18.5 Å². The molecule has 2 aromatic carbocycles. The van der Waals surface area contributed by atoms with Gasteiger partial charge in [-0.25, -0.2) is 4.39 Å². The molecular formula is C17H17ClFNO. The van der Waals surface area contributed by atoms with Crippen LogP contribution in [0.5, 0.6) is 5.75 Å². The third-order valence-electron chi connectivity index (χ3n) is 3.92. The van der Waals surface area contributed by atoms with Crippen LogP contribution in [-0.2, 0) is 13.0 Å². The topological polar surface area (TPSA) is 35.2 Å². The molecule has 0 bridgehead atoms. The summed E-state index contributed by atoms with van der Waals surface area (Å²) in [5, 5.41) is 0.379. The Morgan fingerprint density at radius 1 is 1.29 bits per heavy atom. The zero-order valence-electron chi connectivity index (χ0n) is 11.6. The van der Waals surface area contributed by atoms with Crippen LogP contribution >= 0.6 is 11.6 Å². The number of fused-ring (bicyclic) bond motifs is 1. The van der Waals surface area contributed by atoms with Crippen molar-refractivity contribution in [2.45, 2.75) is 31.9 Å². The van der Waals surface area contributed by atoms with Crippen LogP contribution in [0, 0.1) is 5.82 Å². The van der Waals surface area contributed by atoms with Crippen LogP contribution in [0.4, 0.5) is 4.39 Å². The van der Waals surface area contributed by atoms with Crippen LogP contribution in [0.3, 0.4) is 0 Å². The minimum absolute atomic E-state index is 0.0642. The number of rotatable bonds is 3. The zero-order chi connectivity index (χ0) is 14.8. The van der Waals surface area contributed by atoms with Gasteiger partial charge in [-0.2, -0.15) is 0 Å². The summed E-state index contributed by atoms with van der Waals surface area (Å²) in [6, 6.07) is 10.6. The van der Waals surface area contributed by atoms with E-state index in [4.69, 9.17) is 22.1 Å². The highest BCUT2D eigenvalue weighted by atomic mass is 35.5. The number of nitrogens with two attached hydrogens (primary N) is 1. The fourth-order valence-electron chi connectivity index (χ4n) is 2.73. The van der Waals surface area contributed by atoms with Crippen molar-refractivity contribution in [1.29, 1.82) is 0 Å². The predicted molar refractivity (Wildman–Crippen MR) is 82.1 cm³/mol. The minimum atomic E-state index is -0.350. The molecule has 0 unspecified atom stereocenters. The van der Waals surface area contributed by atoms with Gasteiger partial charge < -0.3 is 10.5 Å². The molecule has 0 fully saturated rings. The molecule has 0 saturated carbocycles. The Bertz CT molecular complexity index is 639. The number of aryl methyl sites for hydroxylation is 1. The molecule has 2 aromatic rings. The van der Waals surface area contributed by atoms with Gasteiger partial charge in [0.1, 0.15) is 18.2 Å². The molecule has 0 saturated heterocycles. The van der Waals surface area contributed by atoms with Crippen molar-refractivity contribution in [2.75, 3.05) is 0 Å². The van der Waals surface area contributed by atoms with Crippen molar-refractivity contribution in [3.8, 4) is 5.75 Å². The molecule has 3 rings (SSSR count). The summed E-state index contributed by atoms with van der Waals surface area (Å²) in [6.45, 7) is 0.111. The van der Waals surface area contributed by atoms with Crippen LogP contribution in [0.2, 0.25) is 5.02 Å². The van der Waals surface area contributed by atoms with Gasteiger partial charge in [0.05, 0.1) is 5.02 Å². The lowest BCUT2D eigenvalue weighted by atomic mass is 9.88. The second kappa shape index (κ2) is 6.04. The Morgan fingerprint density at radius 3 is 2.95 bits per heavy atom. The lowest BCUT2D eigenvalue weighted by Crippen LogP contribution is -2.17. The van der Waals surface area contributed by atoms with Crippen LogP contribution in [0.1, 0.15) is 35.6 Å². The Hall–Kier alpha value is -1.58. The largest absolute Gasteiger partial charge is 0.489 e. The van der Waals surface area contributed by atoms with Gasteiger partial charge in [0.2, 0.25) is 0 Å².